The molecule has 0 saturated carbocycles. The van der Waals surface area contributed by atoms with E-state index in [2.05, 4.69) is 21.2 Å². The van der Waals surface area contributed by atoms with Crippen molar-refractivity contribution < 1.29 is 9.66 Å². The fourth-order valence-corrected chi connectivity index (χ4v) is 2.51. The molecule has 0 amide bonds. The number of rotatable bonds is 5. The Bertz CT molecular complexity index is 674. The van der Waals surface area contributed by atoms with E-state index in [1.54, 1.807) is 24.3 Å². The molecular formula is C15H15BrN2O3. The highest BCUT2D eigenvalue weighted by Crippen LogP contribution is 2.39. The summed E-state index contributed by atoms with van der Waals surface area (Å²) in [6.07, 6.45) is 0. The molecule has 2 rings (SSSR count). The molecule has 0 spiro atoms. The number of aryl methyl sites for hydroxylation is 1. The van der Waals surface area contributed by atoms with Crippen LogP contribution in [0.15, 0.2) is 40.9 Å². The Labute approximate surface area is 131 Å². The molecule has 0 aliphatic heterocycles. The molecule has 0 saturated heterocycles. The van der Waals surface area contributed by atoms with Gasteiger partial charge in [0.15, 0.2) is 0 Å². The first-order valence-corrected chi connectivity index (χ1v) is 7.27. The van der Waals surface area contributed by atoms with Crippen molar-refractivity contribution in [3.8, 4) is 11.5 Å². The standard InChI is InChI=1S/C15H15BrN2O3/c1-3-17-12-5-4-6-14(15(12)18(19)20)21-13-8-7-10(2)9-11(13)16/h4-9,17H,3H2,1-2H3. The van der Waals surface area contributed by atoms with Gasteiger partial charge >= 0.3 is 5.69 Å². The van der Waals surface area contributed by atoms with Gasteiger partial charge in [-0.3, -0.25) is 10.1 Å². The second-order valence-corrected chi connectivity index (χ2v) is 5.33. The van der Waals surface area contributed by atoms with Crippen LogP contribution in [-0.4, -0.2) is 11.5 Å². The summed E-state index contributed by atoms with van der Waals surface area (Å²) < 4.78 is 6.47. The van der Waals surface area contributed by atoms with Gasteiger partial charge in [0.2, 0.25) is 5.75 Å². The van der Waals surface area contributed by atoms with E-state index in [4.69, 9.17) is 4.74 Å². The monoisotopic (exact) mass is 350 g/mol. The van der Waals surface area contributed by atoms with E-state index in [-0.39, 0.29) is 11.4 Å². The van der Waals surface area contributed by atoms with Crippen molar-refractivity contribution in [1.82, 2.24) is 0 Å². The molecule has 0 bridgehead atoms. The number of anilines is 1. The number of nitro benzene ring substituents is 1. The molecule has 0 atom stereocenters. The van der Waals surface area contributed by atoms with Crippen molar-refractivity contribution in [2.24, 2.45) is 0 Å². The predicted molar refractivity (Wildman–Crippen MR) is 86.2 cm³/mol. The molecule has 0 heterocycles. The van der Waals surface area contributed by atoms with Gasteiger partial charge in [-0.25, -0.2) is 0 Å². The summed E-state index contributed by atoms with van der Waals surface area (Å²) in [7, 11) is 0. The third-order valence-electron chi connectivity index (χ3n) is 2.86. The lowest BCUT2D eigenvalue weighted by atomic mass is 10.2. The van der Waals surface area contributed by atoms with Crippen LogP contribution in [0.3, 0.4) is 0 Å². The molecule has 1 N–H and O–H groups in total. The number of nitro groups is 1. The van der Waals surface area contributed by atoms with Gasteiger partial charge in [-0.2, -0.15) is 0 Å². The highest BCUT2D eigenvalue weighted by Gasteiger charge is 2.21. The van der Waals surface area contributed by atoms with E-state index >= 15 is 0 Å². The quantitative estimate of drug-likeness (QED) is 0.615. The summed E-state index contributed by atoms with van der Waals surface area (Å²) in [6.45, 7) is 4.44. The van der Waals surface area contributed by atoms with E-state index in [0.29, 0.717) is 18.0 Å². The highest BCUT2D eigenvalue weighted by molar-refractivity contribution is 9.10. The SMILES string of the molecule is CCNc1cccc(Oc2ccc(C)cc2Br)c1[N+](=O)[O-]. The minimum absolute atomic E-state index is 0.0631. The number of halogens is 1. The number of para-hydroxylation sites is 1. The number of benzene rings is 2. The summed E-state index contributed by atoms with van der Waals surface area (Å²) in [5.41, 5.74) is 1.46. The normalized spacial score (nSPS) is 10.2. The summed E-state index contributed by atoms with van der Waals surface area (Å²) in [5, 5.41) is 14.3. The molecule has 2 aromatic carbocycles. The minimum atomic E-state index is -0.435. The number of hydrogen-bond donors (Lipinski definition) is 1. The van der Waals surface area contributed by atoms with Crippen LogP contribution in [0.4, 0.5) is 11.4 Å². The van der Waals surface area contributed by atoms with Gasteiger partial charge in [-0.1, -0.05) is 12.1 Å². The van der Waals surface area contributed by atoms with Crippen LogP contribution >= 0.6 is 15.9 Å². The van der Waals surface area contributed by atoms with Crippen molar-refractivity contribution in [2.75, 3.05) is 11.9 Å². The van der Waals surface area contributed by atoms with Crippen LogP contribution in [0.2, 0.25) is 0 Å². The van der Waals surface area contributed by atoms with E-state index in [1.165, 1.54) is 0 Å². The predicted octanol–water partition coefficient (Wildman–Crippen LogP) is 4.89. The van der Waals surface area contributed by atoms with Crippen molar-refractivity contribution in [1.29, 1.82) is 0 Å². The van der Waals surface area contributed by atoms with Gasteiger partial charge in [0.05, 0.1) is 9.40 Å². The molecule has 0 radical (unpaired) electrons. The first-order chi connectivity index (χ1) is 10.0. The largest absolute Gasteiger partial charge is 0.449 e. The maximum atomic E-state index is 11.3. The van der Waals surface area contributed by atoms with Crippen LogP contribution in [-0.2, 0) is 0 Å². The molecular weight excluding hydrogens is 336 g/mol. The van der Waals surface area contributed by atoms with Gasteiger partial charge in [0.1, 0.15) is 11.4 Å². The Balaban J connectivity index is 2.43. The first-order valence-electron chi connectivity index (χ1n) is 6.48. The van der Waals surface area contributed by atoms with Crippen molar-refractivity contribution >= 4 is 27.3 Å². The second kappa shape index (κ2) is 6.58. The summed E-state index contributed by atoms with van der Waals surface area (Å²) in [4.78, 5) is 10.9. The Morgan fingerprint density at radius 3 is 2.67 bits per heavy atom. The highest BCUT2D eigenvalue weighted by atomic mass is 79.9. The van der Waals surface area contributed by atoms with E-state index in [9.17, 15) is 10.1 Å². The Morgan fingerprint density at radius 2 is 2.05 bits per heavy atom. The first kappa shape index (κ1) is 15.3. The van der Waals surface area contributed by atoms with Crippen LogP contribution in [0.5, 0.6) is 11.5 Å². The fourth-order valence-electron chi connectivity index (χ4n) is 1.93. The molecule has 6 heteroatoms. The van der Waals surface area contributed by atoms with Crippen LogP contribution < -0.4 is 10.1 Å². The zero-order valence-electron chi connectivity index (χ0n) is 11.7. The summed E-state index contributed by atoms with van der Waals surface area (Å²) in [6, 6.07) is 10.5. The zero-order valence-corrected chi connectivity index (χ0v) is 13.3. The van der Waals surface area contributed by atoms with Crippen LogP contribution in [0.25, 0.3) is 0 Å². The number of ether oxygens (including phenoxy) is 1. The third-order valence-corrected chi connectivity index (χ3v) is 3.48. The fraction of sp³-hybridized carbons (Fsp3) is 0.200. The summed E-state index contributed by atoms with van der Waals surface area (Å²) in [5.74, 6) is 0.750. The van der Waals surface area contributed by atoms with Gasteiger partial charge < -0.3 is 10.1 Å². The maximum Gasteiger partial charge on any atom is 0.334 e. The van der Waals surface area contributed by atoms with Gasteiger partial charge in [0, 0.05) is 6.54 Å². The molecule has 0 aliphatic rings. The number of nitrogens with one attached hydrogen (secondary N) is 1. The molecule has 0 fully saturated rings. The lowest BCUT2D eigenvalue weighted by molar-refractivity contribution is -0.384. The van der Waals surface area contributed by atoms with Crippen molar-refractivity contribution in [2.45, 2.75) is 13.8 Å². The number of nitrogens with zero attached hydrogens (tertiary/aromatic N) is 1. The Morgan fingerprint density at radius 1 is 1.29 bits per heavy atom. The van der Waals surface area contributed by atoms with E-state index in [0.717, 1.165) is 10.0 Å². The van der Waals surface area contributed by atoms with E-state index < -0.39 is 4.92 Å². The van der Waals surface area contributed by atoms with Crippen molar-refractivity contribution in [3.05, 3.63) is 56.5 Å². The zero-order chi connectivity index (χ0) is 15.4. The molecule has 0 aliphatic carbocycles. The van der Waals surface area contributed by atoms with Crippen LogP contribution in [0.1, 0.15) is 12.5 Å². The lowest BCUT2D eigenvalue weighted by Crippen LogP contribution is -2.02. The van der Waals surface area contributed by atoms with Gasteiger partial charge in [0.25, 0.3) is 0 Å². The van der Waals surface area contributed by atoms with Crippen molar-refractivity contribution in [3.63, 3.8) is 0 Å². The molecule has 2 aromatic rings. The number of hydrogen-bond acceptors (Lipinski definition) is 4. The Kier molecular flexibility index (Phi) is 4.80. The molecule has 0 aromatic heterocycles. The molecule has 5 nitrogen and oxygen atoms in total. The second-order valence-electron chi connectivity index (χ2n) is 4.48. The van der Waals surface area contributed by atoms with Gasteiger partial charge in [-0.15, -0.1) is 0 Å². The smallest absolute Gasteiger partial charge is 0.334 e. The van der Waals surface area contributed by atoms with Gasteiger partial charge in [-0.05, 0) is 59.6 Å². The molecule has 110 valence electrons. The van der Waals surface area contributed by atoms with E-state index in [1.807, 2.05) is 26.0 Å². The lowest BCUT2D eigenvalue weighted by Gasteiger charge is -2.11. The Hall–Kier alpha value is -2.08. The average Bonchev–Trinajstić information content (AvgIpc) is 2.42. The molecule has 0 unspecified atom stereocenters. The molecule has 21 heavy (non-hydrogen) atoms. The average molecular weight is 351 g/mol. The minimum Gasteiger partial charge on any atom is -0.449 e. The summed E-state index contributed by atoms with van der Waals surface area (Å²) >= 11 is 3.40. The maximum absolute atomic E-state index is 11.3. The topological polar surface area (TPSA) is 64.4 Å². The van der Waals surface area contributed by atoms with Crippen LogP contribution in [0, 0.1) is 17.0 Å². The third kappa shape index (κ3) is 3.52.